The molecule has 2 rings (SSSR count). The Balaban J connectivity index is 1.71. The summed E-state index contributed by atoms with van der Waals surface area (Å²) < 4.78 is 1.87. The number of nitrogens with zero attached hydrogens (tertiary/aromatic N) is 1. The van der Waals surface area contributed by atoms with Crippen LogP contribution in [0.2, 0.25) is 0 Å². The van der Waals surface area contributed by atoms with Gasteiger partial charge in [0.1, 0.15) is 0 Å². The minimum absolute atomic E-state index is 0.00339. The zero-order chi connectivity index (χ0) is 12.8. The Morgan fingerprint density at radius 3 is 2.67 bits per heavy atom. The number of benzene rings is 1. The summed E-state index contributed by atoms with van der Waals surface area (Å²) in [6.07, 6.45) is 5.66. The summed E-state index contributed by atoms with van der Waals surface area (Å²) in [6.45, 7) is 0.711. The molecule has 1 N–H and O–H groups in total. The Kier molecular flexibility index (Phi) is 4.18. The number of hydrogen-bond donors (Lipinski definition) is 1. The van der Waals surface area contributed by atoms with Crippen molar-refractivity contribution in [3.63, 3.8) is 0 Å². The maximum Gasteiger partial charge on any atom is 0.252 e. The van der Waals surface area contributed by atoms with Gasteiger partial charge in [0.25, 0.3) is 5.91 Å². The highest BCUT2D eigenvalue weighted by Gasteiger charge is 2.05. The van der Waals surface area contributed by atoms with Crippen LogP contribution in [0.25, 0.3) is 0 Å². The van der Waals surface area contributed by atoms with E-state index in [4.69, 9.17) is 0 Å². The molecule has 0 aliphatic rings. The lowest BCUT2D eigenvalue weighted by atomic mass is 10.1. The molecule has 2 aromatic rings. The number of aryl methyl sites for hydroxylation is 2. The molecule has 0 bridgehead atoms. The molecular formula is C15H18N2O. The lowest BCUT2D eigenvalue weighted by Gasteiger charge is -2.04. The summed E-state index contributed by atoms with van der Waals surface area (Å²) in [7, 11) is 1.91. The van der Waals surface area contributed by atoms with Gasteiger partial charge in [-0.25, -0.2) is 0 Å². The maximum atomic E-state index is 11.7. The Hall–Kier alpha value is -2.03. The summed E-state index contributed by atoms with van der Waals surface area (Å²) >= 11 is 0. The molecule has 3 heteroatoms. The summed E-state index contributed by atoms with van der Waals surface area (Å²) in [4.78, 5) is 11.7. The predicted molar refractivity (Wildman–Crippen MR) is 72.5 cm³/mol. The quantitative estimate of drug-likeness (QED) is 0.803. The van der Waals surface area contributed by atoms with Gasteiger partial charge in [-0.3, -0.25) is 4.79 Å². The average Bonchev–Trinajstić information content (AvgIpc) is 2.82. The number of aromatic nitrogens is 1. The second-order valence-corrected chi connectivity index (χ2v) is 4.41. The van der Waals surface area contributed by atoms with Crippen molar-refractivity contribution in [2.75, 3.05) is 6.54 Å². The fourth-order valence-corrected chi connectivity index (χ4v) is 1.88. The monoisotopic (exact) mass is 242 g/mol. The third kappa shape index (κ3) is 3.48. The highest BCUT2D eigenvalue weighted by atomic mass is 16.1. The van der Waals surface area contributed by atoms with Crippen molar-refractivity contribution in [1.29, 1.82) is 0 Å². The van der Waals surface area contributed by atoms with E-state index in [1.165, 1.54) is 5.56 Å². The van der Waals surface area contributed by atoms with Crippen LogP contribution in [0.4, 0.5) is 0 Å². The van der Waals surface area contributed by atoms with Crippen LogP contribution in [0.3, 0.4) is 0 Å². The minimum Gasteiger partial charge on any atom is -0.356 e. The van der Waals surface area contributed by atoms with E-state index in [1.807, 2.05) is 48.3 Å². The molecule has 1 amide bonds. The van der Waals surface area contributed by atoms with E-state index in [-0.39, 0.29) is 5.91 Å². The van der Waals surface area contributed by atoms with E-state index in [0.717, 1.165) is 18.4 Å². The molecule has 0 unspecified atom stereocenters. The zero-order valence-electron chi connectivity index (χ0n) is 10.6. The van der Waals surface area contributed by atoms with Crippen LogP contribution >= 0.6 is 0 Å². The van der Waals surface area contributed by atoms with E-state index < -0.39 is 0 Å². The number of hydrogen-bond acceptors (Lipinski definition) is 1. The molecule has 0 aliphatic carbocycles. The van der Waals surface area contributed by atoms with Gasteiger partial charge in [-0.1, -0.05) is 30.3 Å². The van der Waals surface area contributed by atoms with Crippen molar-refractivity contribution in [2.24, 2.45) is 7.05 Å². The van der Waals surface area contributed by atoms with Crippen LogP contribution in [-0.2, 0) is 13.5 Å². The third-order valence-electron chi connectivity index (χ3n) is 2.86. The number of carbonyl (C=O) groups is 1. The lowest BCUT2D eigenvalue weighted by Crippen LogP contribution is -2.24. The lowest BCUT2D eigenvalue weighted by molar-refractivity contribution is 0.0953. The molecule has 18 heavy (non-hydrogen) atoms. The molecule has 0 saturated carbocycles. The van der Waals surface area contributed by atoms with Crippen LogP contribution in [0, 0.1) is 0 Å². The largest absolute Gasteiger partial charge is 0.356 e. The molecular weight excluding hydrogens is 224 g/mol. The van der Waals surface area contributed by atoms with Crippen LogP contribution in [0.5, 0.6) is 0 Å². The van der Waals surface area contributed by atoms with Crippen molar-refractivity contribution in [3.8, 4) is 0 Å². The summed E-state index contributed by atoms with van der Waals surface area (Å²) in [5.41, 5.74) is 2.03. The Labute approximate surface area is 107 Å². The Morgan fingerprint density at radius 2 is 2.00 bits per heavy atom. The van der Waals surface area contributed by atoms with Gasteiger partial charge in [0.05, 0.1) is 5.56 Å². The summed E-state index contributed by atoms with van der Waals surface area (Å²) in [5, 5.41) is 2.93. The number of rotatable bonds is 5. The topological polar surface area (TPSA) is 34.0 Å². The van der Waals surface area contributed by atoms with Gasteiger partial charge >= 0.3 is 0 Å². The van der Waals surface area contributed by atoms with E-state index in [2.05, 4.69) is 17.4 Å². The normalized spacial score (nSPS) is 10.3. The number of nitrogens with one attached hydrogen (secondary N) is 1. The Morgan fingerprint density at radius 1 is 1.22 bits per heavy atom. The van der Waals surface area contributed by atoms with Gasteiger partial charge in [0, 0.05) is 26.0 Å². The highest BCUT2D eigenvalue weighted by molar-refractivity contribution is 5.93. The molecule has 0 atom stereocenters. The summed E-state index contributed by atoms with van der Waals surface area (Å²) in [6, 6.07) is 12.1. The maximum absolute atomic E-state index is 11.7. The first-order chi connectivity index (χ1) is 8.75. The van der Waals surface area contributed by atoms with E-state index in [0.29, 0.717) is 6.54 Å². The summed E-state index contributed by atoms with van der Waals surface area (Å²) in [5.74, 6) is 0.00339. The van der Waals surface area contributed by atoms with Crippen LogP contribution in [-0.4, -0.2) is 17.0 Å². The third-order valence-corrected chi connectivity index (χ3v) is 2.86. The second-order valence-electron chi connectivity index (χ2n) is 4.41. The molecule has 94 valence electrons. The van der Waals surface area contributed by atoms with E-state index >= 15 is 0 Å². The van der Waals surface area contributed by atoms with Gasteiger partial charge in [-0.2, -0.15) is 0 Å². The fourth-order valence-electron chi connectivity index (χ4n) is 1.88. The van der Waals surface area contributed by atoms with Crippen molar-refractivity contribution in [1.82, 2.24) is 9.88 Å². The minimum atomic E-state index is 0.00339. The average molecular weight is 242 g/mol. The molecule has 1 aromatic heterocycles. The first-order valence-electron chi connectivity index (χ1n) is 6.20. The number of carbonyl (C=O) groups excluding carboxylic acids is 1. The molecule has 0 spiro atoms. The SMILES string of the molecule is Cn1ccc(C(=O)NCCCc2ccccc2)c1. The molecule has 0 saturated heterocycles. The second kappa shape index (κ2) is 6.05. The van der Waals surface area contributed by atoms with Crippen molar-refractivity contribution >= 4 is 5.91 Å². The molecule has 1 aromatic carbocycles. The molecule has 1 heterocycles. The van der Waals surface area contributed by atoms with Gasteiger partial charge in [-0.05, 0) is 24.5 Å². The van der Waals surface area contributed by atoms with E-state index in [9.17, 15) is 4.79 Å². The molecule has 0 aliphatic heterocycles. The van der Waals surface area contributed by atoms with E-state index in [1.54, 1.807) is 0 Å². The van der Waals surface area contributed by atoms with Crippen LogP contribution in [0.1, 0.15) is 22.3 Å². The van der Waals surface area contributed by atoms with Crippen molar-refractivity contribution in [3.05, 3.63) is 59.9 Å². The van der Waals surface area contributed by atoms with Gasteiger partial charge < -0.3 is 9.88 Å². The van der Waals surface area contributed by atoms with Crippen molar-refractivity contribution < 1.29 is 4.79 Å². The first-order valence-corrected chi connectivity index (χ1v) is 6.20. The predicted octanol–water partition coefficient (Wildman–Crippen LogP) is 2.39. The highest BCUT2D eigenvalue weighted by Crippen LogP contribution is 2.02. The van der Waals surface area contributed by atoms with Gasteiger partial charge in [0.2, 0.25) is 0 Å². The van der Waals surface area contributed by atoms with Gasteiger partial charge in [-0.15, -0.1) is 0 Å². The zero-order valence-corrected chi connectivity index (χ0v) is 10.6. The molecule has 0 radical (unpaired) electrons. The van der Waals surface area contributed by atoms with Crippen LogP contribution in [0.15, 0.2) is 48.8 Å². The molecule has 3 nitrogen and oxygen atoms in total. The van der Waals surface area contributed by atoms with Crippen LogP contribution < -0.4 is 5.32 Å². The first kappa shape index (κ1) is 12.4. The Bertz CT molecular complexity index is 502. The van der Waals surface area contributed by atoms with Crippen molar-refractivity contribution in [2.45, 2.75) is 12.8 Å². The molecule has 0 fully saturated rings. The smallest absolute Gasteiger partial charge is 0.252 e. The number of amides is 1. The fraction of sp³-hybridized carbons (Fsp3) is 0.267. The van der Waals surface area contributed by atoms with Gasteiger partial charge in [0.15, 0.2) is 0 Å². The standard InChI is InChI=1S/C15H18N2O/c1-17-11-9-14(12-17)15(18)16-10-5-8-13-6-3-2-4-7-13/h2-4,6-7,9,11-12H,5,8,10H2,1H3,(H,16,18).